The smallest absolute Gasteiger partial charge is 0.372 e. The highest BCUT2D eigenvalue weighted by molar-refractivity contribution is 6.00. The zero-order chi connectivity index (χ0) is 15.0. The van der Waals surface area contributed by atoms with Gasteiger partial charge in [0.2, 0.25) is 5.76 Å². The van der Waals surface area contributed by atoms with Crippen LogP contribution in [0.25, 0.3) is 11.0 Å². The van der Waals surface area contributed by atoms with Crippen molar-refractivity contribution in [2.45, 2.75) is 6.54 Å². The van der Waals surface area contributed by atoms with Crippen LogP contribution in [0.4, 0.5) is 0 Å². The van der Waals surface area contributed by atoms with Gasteiger partial charge in [-0.25, -0.2) is 4.79 Å². The van der Waals surface area contributed by atoms with E-state index in [0.717, 1.165) is 4.90 Å². The van der Waals surface area contributed by atoms with Crippen LogP contribution < -0.4 is 0 Å². The first-order valence-corrected chi connectivity index (χ1v) is 6.22. The molecule has 0 bridgehead atoms. The molecule has 0 aliphatic carbocycles. The summed E-state index contributed by atoms with van der Waals surface area (Å²) in [5, 5.41) is 9.79. The molecule has 21 heavy (non-hydrogen) atoms. The highest BCUT2D eigenvalue weighted by Crippen LogP contribution is 2.27. The maximum Gasteiger partial charge on any atom is 0.372 e. The Morgan fingerprint density at radius 3 is 2.52 bits per heavy atom. The van der Waals surface area contributed by atoms with Gasteiger partial charge in [0.15, 0.2) is 0 Å². The van der Waals surface area contributed by atoms with Gasteiger partial charge in [0.25, 0.3) is 11.8 Å². The third-order valence-electron chi connectivity index (χ3n) is 3.26. The Kier molecular flexibility index (Phi) is 3.19. The highest BCUT2D eigenvalue weighted by atomic mass is 16.5. The van der Waals surface area contributed by atoms with Crippen molar-refractivity contribution in [2.24, 2.45) is 0 Å². The fraction of sp³-hybridized carbons (Fsp3) is 0.214. The number of hydrogen-bond donors (Lipinski definition) is 1. The lowest BCUT2D eigenvalue weighted by Gasteiger charge is -2.24. The number of aromatic carboxylic acids is 1. The number of furan rings is 1. The molecule has 7 nitrogen and oxygen atoms in total. The predicted octanol–water partition coefficient (Wildman–Crippen LogP) is 1.02. The van der Waals surface area contributed by atoms with E-state index in [0.29, 0.717) is 16.5 Å². The van der Waals surface area contributed by atoms with Gasteiger partial charge in [-0.1, -0.05) is 18.2 Å². The van der Waals surface area contributed by atoms with Crippen LogP contribution in [0.15, 0.2) is 28.7 Å². The number of hydrogen-bond acceptors (Lipinski definition) is 5. The molecule has 3 rings (SSSR count). The molecule has 108 valence electrons. The molecule has 0 atom stereocenters. The number of morpholine rings is 1. The number of ether oxygens (including phenoxy) is 1. The molecular weight excluding hydrogens is 278 g/mol. The molecule has 1 aromatic heterocycles. The van der Waals surface area contributed by atoms with E-state index in [9.17, 15) is 19.5 Å². The molecule has 2 heterocycles. The van der Waals surface area contributed by atoms with Gasteiger partial charge in [-0.2, -0.15) is 0 Å². The number of nitrogens with zero attached hydrogens (tertiary/aromatic N) is 1. The van der Waals surface area contributed by atoms with Gasteiger partial charge in [0.1, 0.15) is 18.8 Å². The van der Waals surface area contributed by atoms with Crippen molar-refractivity contribution >= 4 is 28.8 Å². The molecule has 0 saturated carbocycles. The number of amides is 2. The molecule has 1 aliphatic rings. The summed E-state index contributed by atoms with van der Waals surface area (Å²) < 4.78 is 10.1. The molecule has 0 spiro atoms. The number of para-hydroxylation sites is 1. The molecule has 1 fully saturated rings. The van der Waals surface area contributed by atoms with Gasteiger partial charge in [-0.05, 0) is 6.07 Å². The van der Waals surface area contributed by atoms with Crippen LogP contribution in [0.3, 0.4) is 0 Å². The van der Waals surface area contributed by atoms with Crippen LogP contribution in [-0.4, -0.2) is 41.0 Å². The summed E-state index contributed by atoms with van der Waals surface area (Å²) >= 11 is 0. The van der Waals surface area contributed by atoms with Crippen molar-refractivity contribution in [2.75, 3.05) is 13.2 Å². The molecule has 1 saturated heterocycles. The molecule has 1 N–H and O–H groups in total. The van der Waals surface area contributed by atoms with Crippen molar-refractivity contribution in [3.8, 4) is 0 Å². The minimum atomic E-state index is -1.24. The maximum absolute atomic E-state index is 11.8. The highest BCUT2D eigenvalue weighted by Gasteiger charge is 2.30. The third-order valence-corrected chi connectivity index (χ3v) is 3.26. The van der Waals surface area contributed by atoms with E-state index >= 15 is 0 Å². The Labute approximate surface area is 118 Å². The Bertz CT molecular complexity index is 731. The second-order valence-corrected chi connectivity index (χ2v) is 4.58. The second-order valence-electron chi connectivity index (χ2n) is 4.58. The van der Waals surface area contributed by atoms with Crippen molar-refractivity contribution in [3.05, 3.63) is 35.6 Å². The van der Waals surface area contributed by atoms with Gasteiger partial charge in [-0.15, -0.1) is 0 Å². The molecule has 0 unspecified atom stereocenters. The number of benzene rings is 1. The second kappa shape index (κ2) is 5.02. The molecular formula is C14H11NO6. The van der Waals surface area contributed by atoms with Crippen LogP contribution in [-0.2, 0) is 20.9 Å². The number of rotatable bonds is 3. The zero-order valence-electron chi connectivity index (χ0n) is 10.9. The molecule has 7 heteroatoms. The van der Waals surface area contributed by atoms with Crippen LogP contribution in [0.2, 0.25) is 0 Å². The van der Waals surface area contributed by atoms with E-state index in [1.807, 2.05) is 0 Å². The van der Waals surface area contributed by atoms with E-state index < -0.39 is 17.8 Å². The Balaban J connectivity index is 2.06. The SMILES string of the molecule is O=C(O)c1oc2ccccc2c1CN1C(=O)COCC1=O. The Morgan fingerprint density at radius 1 is 1.19 bits per heavy atom. The fourth-order valence-corrected chi connectivity index (χ4v) is 2.28. The predicted molar refractivity (Wildman–Crippen MR) is 69.5 cm³/mol. The van der Waals surface area contributed by atoms with Crippen molar-refractivity contribution in [3.63, 3.8) is 0 Å². The van der Waals surface area contributed by atoms with E-state index in [1.165, 1.54) is 0 Å². The number of carbonyl (C=O) groups is 3. The number of carboxylic acids is 1. The minimum absolute atomic E-state index is 0.139. The molecule has 1 aliphatic heterocycles. The fourth-order valence-electron chi connectivity index (χ4n) is 2.28. The summed E-state index contributed by atoms with van der Waals surface area (Å²) in [7, 11) is 0. The first kappa shape index (κ1) is 13.3. The third kappa shape index (κ3) is 2.27. The van der Waals surface area contributed by atoms with Crippen LogP contribution in [0.1, 0.15) is 16.1 Å². The van der Waals surface area contributed by atoms with E-state index in [2.05, 4.69) is 0 Å². The minimum Gasteiger partial charge on any atom is -0.475 e. The number of carboxylic acid groups (broad SMARTS) is 1. The monoisotopic (exact) mass is 289 g/mol. The number of carbonyl (C=O) groups excluding carboxylic acids is 2. The number of fused-ring (bicyclic) bond motifs is 1. The first-order chi connectivity index (χ1) is 10.1. The van der Waals surface area contributed by atoms with Gasteiger partial charge >= 0.3 is 5.97 Å². The average molecular weight is 289 g/mol. The van der Waals surface area contributed by atoms with Crippen molar-refractivity contribution in [1.29, 1.82) is 0 Å². The lowest BCUT2D eigenvalue weighted by molar-refractivity contribution is -0.159. The Hall–Kier alpha value is -2.67. The van der Waals surface area contributed by atoms with E-state index in [1.54, 1.807) is 24.3 Å². The molecule has 0 radical (unpaired) electrons. The van der Waals surface area contributed by atoms with Gasteiger partial charge in [-0.3, -0.25) is 14.5 Å². The lowest BCUT2D eigenvalue weighted by Crippen LogP contribution is -2.45. The first-order valence-electron chi connectivity index (χ1n) is 6.22. The standard InChI is InChI=1S/C14H11NO6/c16-11-6-20-7-12(17)15(11)5-9-8-3-1-2-4-10(8)21-13(9)14(18)19/h1-4H,5-7H2,(H,18,19). The van der Waals surface area contributed by atoms with Crippen LogP contribution in [0.5, 0.6) is 0 Å². The number of imide groups is 1. The summed E-state index contributed by atoms with van der Waals surface area (Å²) in [4.78, 5) is 35.8. The Morgan fingerprint density at radius 2 is 1.86 bits per heavy atom. The molecule has 2 aromatic rings. The van der Waals surface area contributed by atoms with E-state index in [4.69, 9.17) is 9.15 Å². The summed E-state index contributed by atoms with van der Waals surface area (Å²) in [6.45, 7) is -0.520. The largest absolute Gasteiger partial charge is 0.475 e. The lowest BCUT2D eigenvalue weighted by atomic mass is 10.1. The van der Waals surface area contributed by atoms with Gasteiger partial charge in [0.05, 0.1) is 6.54 Å². The van der Waals surface area contributed by atoms with Crippen LogP contribution in [0, 0.1) is 0 Å². The zero-order valence-corrected chi connectivity index (χ0v) is 10.9. The van der Waals surface area contributed by atoms with Crippen molar-refractivity contribution in [1.82, 2.24) is 4.90 Å². The van der Waals surface area contributed by atoms with Gasteiger partial charge in [0, 0.05) is 10.9 Å². The van der Waals surface area contributed by atoms with Gasteiger partial charge < -0.3 is 14.3 Å². The van der Waals surface area contributed by atoms with Crippen molar-refractivity contribution < 1.29 is 28.6 Å². The topological polar surface area (TPSA) is 97.1 Å². The summed E-state index contributed by atoms with van der Waals surface area (Å²) in [5.41, 5.74) is 0.708. The average Bonchev–Trinajstić information content (AvgIpc) is 2.82. The molecule has 1 aromatic carbocycles. The summed E-state index contributed by atoms with van der Waals surface area (Å²) in [6, 6.07) is 6.77. The summed E-state index contributed by atoms with van der Waals surface area (Å²) in [5.74, 6) is -2.49. The quantitative estimate of drug-likeness (QED) is 0.847. The van der Waals surface area contributed by atoms with Crippen LogP contribution >= 0.6 is 0 Å². The molecule has 2 amide bonds. The van der Waals surface area contributed by atoms with E-state index in [-0.39, 0.29) is 25.5 Å². The normalized spacial score (nSPS) is 15.7. The summed E-state index contributed by atoms with van der Waals surface area (Å²) in [6.07, 6.45) is 0. The maximum atomic E-state index is 11.8.